The molecule has 0 saturated carbocycles. The van der Waals surface area contributed by atoms with Gasteiger partial charge in [0.05, 0.1) is 40.2 Å². The van der Waals surface area contributed by atoms with Crippen LogP contribution in [0, 0.1) is 0 Å². The van der Waals surface area contributed by atoms with E-state index in [4.69, 9.17) is 9.97 Å². The molecule has 4 heteroatoms. The fourth-order valence-electron chi connectivity index (χ4n) is 6.53. The lowest BCUT2D eigenvalue weighted by Gasteiger charge is -2.11. The molecule has 9 rings (SSSR count). The van der Waals surface area contributed by atoms with Gasteiger partial charge in [0.25, 0.3) is 0 Å². The Balaban J connectivity index is 1.38. The zero-order chi connectivity index (χ0) is 27.6. The van der Waals surface area contributed by atoms with Gasteiger partial charge in [-0.25, -0.2) is 4.98 Å². The van der Waals surface area contributed by atoms with Gasteiger partial charge in [-0.1, -0.05) is 97.1 Å². The molecule has 3 aromatic heterocycles. The van der Waals surface area contributed by atoms with Crippen LogP contribution in [0.3, 0.4) is 0 Å². The maximum Gasteiger partial charge on any atom is 0.156 e. The molecule has 3 heterocycles. The average molecular weight is 537 g/mol. The van der Waals surface area contributed by atoms with E-state index in [1.54, 1.807) is 0 Å². The first kappa shape index (κ1) is 23.0. The van der Waals surface area contributed by atoms with Crippen molar-refractivity contribution < 1.29 is 0 Å². The van der Waals surface area contributed by atoms with Crippen molar-refractivity contribution in [3.8, 4) is 22.8 Å². The van der Waals surface area contributed by atoms with E-state index in [1.165, 1.54) is 43.4 Å². The summed E-state index contributed by atoms with van der Waals surface area (Å²) < 4.78 is 4.65. The molecule has 0 atom stereocenters. The van der Waals surface area contributed by atoms with Gasteiger partial charge < -0.3 is 4.57 Å². The van der Waals surface area contributed by atoms with E-state index in [2.05, 4.69) is 124 Å². The molecule has 0 unspecified atom stereocenters. The van der Waals surface area contributed by atoms with E-state index in [1.807, 2.05) is 30.6 Å². The predicted octanol–water partition coefficient (Wildman–Crippen LogP) is 9.49. The second-order valence-corrected chi connectivity index (χ2v) is 10.7. The zero-order valence-electron chi connectivity index (χ0n) is 22.6. The largest absolute Gasteiger partial charge is 0.309 e. The van der Waals surface area contributed by atoms with Gasteiger partial charge in [0, 0.05) is 38.2 Å². The van der Waals surface area contributed by atoms with Crippen LogP contribution in [-0.4, -0.2) is 19.1 Å². The molecular weight excluding hydrogens is 512 g/mol. The monoisotopic (exact) mass is 536 g/mol. The maximum absolute atomic E-state index is 4.94. The molecule has 0 aliphatic heterocycles. The van der Waals surface area contributed by atoms with E-state index >= 15 is 0 Å². The normalized spacial score (nSPS) is 11.8. The molecule has 0 bridgehead atoms. The number of rotatable bonds is 3. The molecule has 9 aromatic rings. The fourth-order valence-corrected chi connectivity index (χ4v) is 6.53. The van der Waals surface area contributed by atoms with Crippen LogP contribution < -0.4 is 0 Å². The topological polar surface area (TPSA) is 35.6 Å². The van der Waals surface area contributed by atoms with Crippen molar-refractivity contribution in [3.05, 3.63) is 146 Å². The molecule has 42 heavy (non-hydrogen) atoms. The summed E-state index contributed by atoms with van der Waals surface area (Å²) in [6.45, 7) is 0. The van der Waals surface area contributed by atoms with Gasteiger partial charge in [0.15, 0.2) is 5.82 Å². The second kappa shape index (κ2) is 8.88. The summed E-state index contributed by atoms with van der Waals surface area (Å²) in [5, 5.41) is 7.32. The fraction of sp³-hybridized carbons (Fsp3) is 0. The van der Waals surface area contributed by atoms with Crippen molar-refractivity contribution in [1.82, 2.24) is 19.1 Å². The number of hydrogen-bond donors (Lipinski definition) is 0. The van der Waals surface area contributed by atoms with E-state index in [0.29, 0.717) is 0 Å². The lowest BCUT2D eigenvalue weighted by Crippen LogP contribution is -1.99. The van der Waals surface area contributed by atoms with Crippen LogP contribution in [0.15, 0.2) is 146 Å². The molecule has 0 spiro atoms. The van der Waals surface area contributed by atoms with Crippen molar-refractivity contribution in [3.63, 3.8) is 0 Å². The molecular formula is C38H24N4. The first-order chi connectivity index (χ1) is 20.8. The Hall–Kier alpha value is -5.74. The molecule has 0 amide bonds. The van der Waals surface area contributed by atoms with Crippen molar-refractivity contribution in [1.29, 1.82) is 0 Å². The quantitative estimate of drug-likeness (QED) is 0.225. The standard InChI is InChI=1S/C38H24N4/c1-3-11-25(12-4-1)33-23-40-37(24-39-33)42-35-18-10-8-16-29(35)32-21-26-19-20-30-28-15-7-9-17-34(28)41(27-13-5-2-6-14-27)38(30)31(26)22-36(32)42/h1-24H. The zero-order valence-corrected chi connectivity index (χ0v) is 22.6. The van der Waals surface area contributed by atoms with Crippen molar-refractivity contribution in [2.45, 2.75) is 0 Å². The van der Waals surface area contributed by atoms with Gasteiger partial charge in [0.2, 0.25) is 0 Å². The maximum atomic E-state index is 4.94. The van der Waals surface area contributed by atoms with Crippen molar-refractivity contribution in [2.75, 3.05) is 0 Å². The van der Waals surface area contributed by atoms with Gasteiger partial charge in [0.1, 0.15) is 0 Å². The third-order valence-corrected chi connectivity index (χ3v) is 8.39. The first-order valence-electron chi connectivity index (χ1n) is 14.2. The van der Waals surface area contributed by atoms with E-state index in [0.717, 1.165) is 33.8 Å². The van der Waals surface area contributed by atoms with E-state index in [-0.39, 0.29) is 0 Å². The van der Waals surface area contributed by atoms with Crippen molar-refractivity contribution >= 4 is 54.4 Å². The Morgan fingerprint density at radius 2 is 1.10 bits per heavy atom. The van der Waals surface area contributed by atoms with Gasteiger partial charge in [-0.05, 0) is 41.8 Å². The number of nitrogens with zero attached hydrogens (tertiary/aromatic N) is 4. The second-order valence-electron chi connectivity index (χ2n) is 10.7. The summed E-state index contributed by atoms with van der Waals surface area (Å²) in [5.41, 5.74) is 7.71. The Labute approximate surface area is 241 Å². The van der Waals surface area contributed by atoms with Gasteiger partial charge >= 0.3 is 0 Å². The van der Waals surface area contributed by atoms with Crippen LogP contribution in [0.4, 0.5) is 0 Å². The highest BCUT2D eigenvalue weighted by Crippen LogP contribution is 2.40. The Morgan fingerprint density at radius 3 is 1.83 bits per heavy atom. The number of fused-ring (bicyclic) bond motifs is 8. The smallest absolute Gasteiger partial charge is 0.156 e. The van der Waals surface area contributed by atoms with Crippen LogP contribution in [0.5, 0.6) is 0 Å². The number of hydrogen-bond acceptors (Lipinski definition) is 2. The molecule has 6 aromatic carbocycles. The Morgan fingerprint density at radius 1 is 0.429 bits per heavy atom. The summed E-state index contributed by atoms with van der Waals surface area (Å²) in [6, 6.07) is 47.3. The summed E-state index contributed by atoms with van der Waals surface area (Å²) in [7, 11) is 0. The molecule has 0 radical (unpaired) electrons. The summed E-state index contributed by atoms with van der Waals surface area (Å²) >= 11 is 0. The number of aromatic nitrogens is 4. The highest BCUT2D eigenvalue weighted by Gasteiger charge is 2.19. The summed E-state index contributed by atoms with van der Waals surface area (Å²) in [5.74, 6) is 0.802. The van der Waals surface area contributed by atoms with E-state index in [9.17, 15) is 0 Å². The van der Waals surface area contributed by atoms with Gasteiger partial charge in [-0.2, -0.15) is 0 Å². The molecule has 0 fully saturated rings. The molecule has 4 nitrogen and oxygen atoms in total. The lowest BCUT2D eigenvalue weighted by atomic mass is 10.0. The van der Waals surface area contributed by atoms with Crippen LogP contribution in [0.2, 0.25) is 0 Å². The first-order valence-corrected chi connectivity index (χ1v) is 14.2. The average Bonchev–Trinajstić information content (AvgIpc) is 3.57. The number of benzene rings is 6. The van der Waals surface area contributed by atoms with Gasteiger partial charge in [-0.15, -0.1) is 0 Å². The van der Waals surface area contributed by atoms with Crippen LogP contribution in [-0.2, 0) is 0 Å². The Kier molecular flexibility index (Phi) is 4.87. The van der Waals surface area contributed by atoms with Gasteiger partial charge in [-0.3, -0.25) is 9.55 Å². The van der Waals surface area contributed by atoms with Crippen LogP contribution in [0.25, 0.3) is 77.1 Å². The highest BCUT2D eigenvalue weighted by atomic mass is 15.1. The van der Waals surface area contributed by atoms with Crippen molar-refractivity contribution in [2.24, 2.45) is 0 Å². The molecule has 0 aliphatic rings. The van der Waals surface area contributed by atoms with Crippen LogP contribution in [0.1, 0.15) is 0 Å². The molecule has 0 saturated heterocycles. The predicted molar refractivity (Wildman–Crippen MR) is 174 cm³/mol. The highest BCUT2D eigenvalue weighted by molar-refractivity contribution is 6.22. The summed E-state index contributed by atoms with van der Waals surface area (Å²) in [4.78, 5) is 9.76. The third kappa shape index (κ3) is 3.29. The third-order valence-electron chi connectivity index (χ3n) is 8.39. The molecule has 0 N–H and O–H groups in total. The minimum atomic E-state index is 0.802. The lowest BCUT2D eigenvalue weighted by molar-refractivity contribution is 1.05. The Bertz CT molecular complexity index is 2430. The number of para-hydroxylation sites is 3. The van der Waals surface area contributed by atoms with E-state index < -0.39 is 0 Å². The molecule has 0 aliphatic carbocycles. The minimum Gasteiger partial charge on any atom is -0.309 e. The SMILES string of the molecule is c1ccc(-c2cnc(-n3c4ccccc4c4cc5ccc6c7ccccc7n(-c7ccccc7)c6c5cc43)cn2)cc1. The molecule has 196 valence electrons. The minimum absolute atomic E-state index is 0.802. The van der Waals surface area contributed by atoms with Crippen LogP contribution >= 0.6 is 0 Å². The summed E-state index contributed by atoms with van der Waals surface area (Å²) in [6.07, 6.45) is 3.76.